The Balaban J connectivity index is 2.31. The van der Waals surface area contributed by atoms with E-state index < -0.39 is 0 Å². The number of aliphatic imine (C=N–C) groups is 2. The number of hydrogen-bond donors (Lipinski definition) is 2. The predicted molar refractivity (Wildman–Crippen MR) is 55.5 cm³/mol. The van der Waals surface area contributed by atoms with Crippen LogP contribution in [0.4, 0.5) is 0 Å². The summed E-state index contributed by atoms with van der Waals surface area (Å²) in [7, 11) is 0. The maximum atomic E-state index is 8.68. The van der Waals surface area contributed by atoms with Gasteiger partial charge in [0.2, 0.25) is 0 Å². The van der Waals surface area contributed by atoms with Crippen LogP contribution in [0.15, 0.2) is 20.3 Å². The van der Waals surface area contributed by atoms with E-state index in [-0.39, 0.29) is 5.37 Å². The number of rotatable bonds is 3. The Morgan fingerprint density at radius 3 is 3.25 bits per heavy atom. The molecule has 1 heterocycles. The van der Waals surface area contributed by atoms with E-state index in [1.165, 1.54) is 24.4 Å². The molecule has 4 nitrogen and oxygen atoms in total. The van der Waals surface area contributed by atoms with E-state index in [0.717, 1.165) is 22.7 Å². The first-order valence-corrected chi connectivity index (χ1v) is 4.95. The molecule has 0 fully saturated rings. The molecule has 0 saturated carbocycles. The molecule has 66 valence electrons. The molecule has 12 heavy (non-hydrogen) atoms. The molecule has 0 aliphatic carbocycles. The van der Waals surface area contributed by atoms with E-state index in [1.807, 2.05) is 6.08 Å². The van der Waals surface area contributed by atoms with Crippen molar-refractivity contribution in [3.8, 4) is 0 Å². The van der Waals surface area contributed by atoms with Crippen LogP contribution >= 0.6 is 23.8 Å². The molecule has 6 heteroatoms. The second kappa shape index (κ2) is 5.23. The van der Waals surface area contributed by atoms with Gasteiger partial charge in [-0.1, -0.05) is 17.8 Å². The van der Waals surface area contributed by atoms with Crippen LogP contribution in [-0.2, 0) is 0 Å². The third-order valence-corrected chi connectivity index (χ3v) is 3.06. The lowest BCUT2D eigenvalue weighted by atomic mass is 10.4. The van der Waals surface area contributed by atoms with Crippen LogP contribution in [0.5, 0.6) is 0 Å². The smallest absolute Gasteiger partial charge is 0.113 e. The lowest BCUT2D eigenvalue weighted by molar-refractivity contribution is 0.670. The van der Waals surface area contributed by atoms with Crippen LogP contribution in [0, 0.1) is 0 Å². The highest BCUT2D eigenvalue weighted by Crippen LogP contribution is 2.38. The van der Waals surface area contributed by atoms with E-state index >= 15 is 0 Å². The van der Waals surface area contributed by atoms with Gasteiger partial charge >= 0.3 is 0 Å². The Bertz CT molecular complexity index is 227. The largest absolute Gasteiger partial charge is 0.390 e. The molecule has 0 aromatic heterocycles. The van der Waals surface area contributed by atoms with Crippen LogP contribution in [0.1, 0.15) is 6.42 Å². The highest BCUT2D eigenvalue weighted by Gasteiger charge is 2.15. The highest BCUT2D eigenvalue weighted by molar-refractivity contribution is 8.20. The monoisotopic (exact) mass is 203 g/mol. The van der Waals surface area contributed by atoms with Crippen molar-refractivity contribution in [3.63, 3.8) is 0 Å². The molecule has 0 aromatic carbocycles. The van der Waals surface area contributed by atoms with Gasteiger partial charge in [0.25, 0.3) is 0 Å². The van der Waals surface area contributed by atoms with Crippen molar-refractivity contribution in [2.24, 2.45) is 15.7 Å². The summed E-state index contributed by atoms with van der Waals surface area (Å²) in [5.41, 5.74) is 5.02. The Morgan fingerprint density at radius 2 is 2.67 bits per heavy atom. The van der Waals surface area contributed by atoms with Crippen molar-refractivity contribution in [3.05, 3.63) is 10.3 Å². The summed E-state index contributed by atoms with van der Waals surface area (Å²) in [4.78, 5) is 7.74. The minimum Gasteiger partial charge on any atom is -0.390 e. The van der Waals surface area contributed by atoms with Crippen molar-refractivity contribution in [2.75, 3.05) is 0 Å². The molecule has 0 saturated heterocycles. The van der Waals surface area contributed by atoms with Crippen molar-refractivity contribution in [2.45, 2.75) is 11.8 Å². The van der Waals surface area contributed by atoms with E-state index in [2.05, 4.69) is 9.98 Å². The van der Waals surface area contributed by atoms with E-state index in [4.69, 9.17) is 10.3 Å². The van der Waals surface area contributed by atoms with Crippen molar-refractivity contribution in [1.82, 2.24) is 0 Å². The number of nitrogens with zero attached hydrogens (tertiary/aromatic N) is 2. The maximum absolute atomic E-state index is 8.68. The normalized spacial score (nSPS) is 24.1. The van der Waals surface area contributed by atoms with Gasteiger partial charge in [-0.05, 0) is 6.42 Å². The molecule has 1 unspecified atom stereocenters. The third kappa shape index (κ3) is 2.88. The van der Waals surface area contributed by atoms with Gasteiger partial charge < -0.3 is 10.3 Å². The Labute approximate surface area is 79.2 Å². The molecular formula is C6H9N3OS2. The molecule has 0 amide bonds. The van der Waals surface area contributed by atoms with Gasteiger partial charge in [-0.15, -0.1) is 0 Å². The Kier molecular flexibility index (Phi) is 4.20. The fourth-order valence-electron chi connectivity index (χ4n) is 0.729. The summed E-state index contributed by atoms with van der Waals surface area (Å²) in [5, 5.41) is 0.142. The molecule has 0 aromatic rings. The van der Waals surface area contributed by atoms with Gasteiger partial charge in [-0.25, -0.2) is 4.99 Å². The molecule has 1 aliphatic rings. The summed E-state index contributed by atoms with van der Waals surface area (Å²) in [5.74, 6) is 0. The van der Waals surface area contributed by atoms with Gasteiger partial charge in [0.05, 0.1) is 10.6 Å². The van der Waals surface area contributed by atoms with Gasteiger partial charge in [-0.2, -0.15) is 0 Å². The highest BCUT2D eigenvalue weighted by atomic mass is 32.2. The summed E-state index contributed by atoms with van der Waals surface area (Å²) in [6, 6.07) is 0. The van der Waals surface area contributed by atoms with Crippen LogP contribution in [0.25, 0.3) is 0 Å². The van der Waals surface area contributed by atoms with Gasteiger partial charge in [0.15, 0.2) is 0 Å². The molecule has 3 N–H and O–H groups in total. The number of thioether (sulfide) groups is 1. The van der Waals surface area contributed by atoms with Crippen LogP contribution in [0.2, 0.25) is 0 Å². The zero-order chi connectivity index (χ0) is 8.81. The molecule has 1 atom stereocenters. The Morgan fingerprint density at radius 1 is 1.83 bits per heavy atom. The first-order valence-electron chi connectivity index (χ1n) is 3.30. The summed E-state index contributed by atoms with van der Waals surface area (Å²) < 4.78 is 9.58. The number of hydrogen-bond acceptors (Lipinski definition) is 4. The van der Waals surface area contributed by atoms with Gasteiger partial charge in [0, 0.05) is 12.0 Å². The molecule has 1 rings (SSSR count). The maximum Gasteiger partial charge on any atom is 0.113 e. The molecule has 0 spiro atoms. The summed E-state index contributed by atoms with van der Waals surface area (Å²) >= 11 is 2.28. The zero-order valence-electron chi connectivity index (χ0n) is 6.25. The first kappa shape index (κ1) is 9.63. The summed E-state index contributed by atoms with van der Waals surface area (Å²) in [6.07, 6.45) is 5.41. The van der Waals surface area contributed by atoms with Gasteiger partial charge in [-0.3, -0.25) is 4.99 Å². The molecule has 1 aliphatic heterocycles. The van der Waals surface area contributed by atoms with Gasteiger partial charge in [0.1, 0.15) is 11.7 Å². The minimum atomic E-state index is 0.142. The number of nitrogens with two attached hydrogens (primary N) is 1. The predicted octanol–water partition coefficient (Wildman–Crippen LogP) is 1.51. The van der Waals surface area contributed by atoms with Crippen LogP contribution in [0.3, 0.4) is 0 Å². The van der Waals surface area contributed by atoms with Crippen molar-refractivity contribution < 1.29 is 4.55 Å². The quantitative estimate of drug-likeness (QED) is 0.414. The van der Waals surface area contributed by atoms with Crippen molar-refractivity contribution in [1.29, 1.82) is 0 Å². The van der Waals surface area contributed by atoms with Crippen LogP contribution in [-0.4, -0.2) is 22.6 Å². The Hall–Kier alpha value is -0.460. The second-order valence-electron chi connectivity index (χ2n) is 1.99. The zero-order valence-corrected chi connectivity index (χ0v) is 7.88. The fourth-order valence-corrected chi connectivity index (χ4v) is 2.17. The third-order valence-electron chi connectivity index (χ3n) is 1.21. The average molecular weight is 203 g/mol. The lowest BCUT2D eigenvalue weighted by Gasteiger charge is -1.99. The molecule has 0 bridgehead atoms. The van der Waals surface area contributed by atoms with E-state index in [1.54, 1.807) is 0 Å². The SMILES string of the molecule is NC=N/C=N/C1CC=C(SO)S1. The second-order valence-corrected chi connectivity index (χ2v) is 4.09. The van der Waals surface area contributed by atoms with Crippen LogP contribution < -0.4 is 5.73 Å². The average Bonchev–Trinajstić information content (AvgIpc) is 2.53. The van der Waals surface area contributed by atoms with Crippen molar-refractivity contribution >= 4 is 36.5 Å². The summed E-state index contributed by atoms with van der Waals surface area (Å²) in [6.45, 7) is 0. The first-order chi connectivity index (χ1) is 5.86. The topological polar surface area (TPSA) is 71.0 Å². The van der Waals surface area contributed by atoms with E-state index in [0.29, 0.717) is 0 Å². The fraction of sp³-hybridized carbons (Fsp3) is 0.333. The van der Waals surface area contributed by atoms with E-state index in [9.17, 15) is 0 Å². The minimum absolute atomic E-state index is 0.142. The molecule has 0 radical (unpaired) electrons. The lowest BCUT2D eigenvalue weighted by Crippen LogP contribution is -1.93. The molecular weight excluding hydrogens is 194 g/mol. The standard InChI is InChI=1S/C6H9N3OS2/c7-3-8-4-9-5-1-2-6(11-5)12-10/h2-5,10H,1H2,(H2,7,8,9).